The summed E-state index contributed by atoms with van der Waals surface area (Å²) in [5.41, 5.74) is 2.43. The second-order valence-corrected chi connectivity index (χ2v) is 4.71. The predicted octanol–water partition coefficient (Wildman–Crippen LogP) is 2.51. The van der Waals surface area contributed by atoms with Gasteiger partial charge in [0.05, 0.1) is 23.1 Å². The van der Waals surface area contributed by atoms with Crippen LogP contribution in [0, 0.1) is 12.8 Å². The van der Waals surface area contributed by atoms with Gasteiger partial charge in [0, 0.05) is 5.56 Å². The van der Waals surface area contributed by atoms with Crippen molar-refractivity contribution >= 4 is 22.6 Å². The van der Waals surface area contributed by atoms with Gasteiger partial charge < -0.3 is 9.47 Å². The first-order valence-corrected chi connectivity index (χ1v) is 5.85. The van der Waals surface area contributed by atoms with Crippen LogP contribution in [0.3, 0.4) is 0 Å². The normalized spacial score (nSPS) is 22.5. The minimum atomic E-state index is -0.322. The summed E-state index contributed by atoms with van der Waals surface area (Å²) in [6.07, 6.45) is 0. The van der Waals surface area contributed by atoms with Crippen LogP contribution < -0.4 is 4.74 Å². The van der Waals surface area contributed by atoms with E-state index in [1.807, 2.05) is 25.1 Å². The second kappa shape index (κ2) is 3.77. The number of cyclic esters (lactones) is 1. The fraction of sp³-hybridized carbons (Fsp3) is 0.308. The third-order valence-electron chi connectivity index (χ3n) is 3.09. The number of esters is 1. The van der Waals surface area contributed by atoms with Crippen LogP contribution in [0.1, 0.15) is 11.1 Å². The van der Waals surface area contributed by atoms with Crippen molar-refractivity contribution in [3.8, 4) is 5.75 Å². The van der Waals surface area contributed by atoms with Crippen molar-refractivity contribution in [2.24, 2.45) is 5.92 Å². The maximum Gasteiger partial charge on any atom is 0.336 e. The molecule has 0 radical (unpaired) electrons. The number of hydrogen-bond donors (Lipinski definition) is 0. The molecule has 0 aliphatic carbocycles. The van der Waals surface area contributed by atoms with Gasteiger partial charge in [-0.25, -0.2) is 4.79 Å². The summed E-state index contributed by atoms with van der Waals surface area (Å²) >= 11 is 6.30. The van der Waals surface area contributed by atoms with Crippen molar-refractivity contribution in [2.45, 2.75) is 6.92 Å². The van der Waals surface area contributed by atoms with E-state index in [0.29, 0.717) is 23.8 Å². The average molecular weight is 251 g/mol. The zero-order valence-electron chi connectivity index (χ0n) is 9.33. The molecular formula is C13H11ClO3. The Balaban J connectivity index is 2.19. The van der Waals surface area contributed by atoms with Gasteiger partial charge in [-0.1, -0.05) is 17.7 Å². The molecule has 2 heterocycles. The van der Waals surface area contributed by atoms with Gasteiger partial charge in [-0.2, -0.15) is 0 Å². The van der Waals surface area contributed by atoms with Crippen LogP contribution in [0.4, 0.5) is 0 Å². The third kappa shape index (κ3) is 1.62. The van der Waals surface area contributed by atoms with Crippen LogP contribution in [-0.4, -0.2) is 19.2 Å². The molecule has 2 aliphatic heterocycles. The quantitative estimate of drug-likeness (QED) is 0.664. The zero-order valence-corrected chi connectivity index (χ0v) is 10.1. The minimum Gasteiger partial charge on any atom is -0.492 e. The number of benzene rings is 1. The first-order chi connectivity index (χ1) is 8.16. The van der Waals surface area contributed by atoms with Gasteiger partial charge in [0.15, 0.2) is 0 Å². The van der Waals surface area contributed by atoms with E-state index in [2.05, 4.69) is 0 Å². The number of halogens is 1. The number of carbonyl (C=O) groups excluding carboxylic acids is 1. The van der Waals surface area contributed by atoms with E-state index < -0.39 is 0 Å². The molecule has 1 saturated heterocycles. The zero-order chi connectivity index (χ0) is 12.0. The summed E-state index contributed by atoms with van der Waals surface area (Å²) < 4.78 is 10.7. The van der Waals surface area contributed by atoms with E-state index in [1.54, 1.807) is 0 Å². The Morgan fingerprint density at radius 3 is 2.88 bits per heavy atom. The Kier molecular flexibility index (Phi) is 2.37. The maximum atomic E-state index is 11.6. The molecule has 1 unspecified atom stereocenters. The lowest BCUT2D eigenvalue weighted by atomic mass is 10.0. The first-order valence-electron chi connectivity index (χ1n) is 5.47. The predicted molar refractivity (Wildman–Crippen MR) is 63.9 cm³/mol. The molecule has 1 aromatic rings. The molecule has 0 bridgehead atoms. The minimum absolute atomic E-state index is 0.0530. The Bertz CT molecular complexity index is 533. The van der Waals surface area contributed by atoms with Gasteiger partial charge in [0.2, 0.25) is 0 Å². The monoisotopic (exact) mass is 250 g/mol. The molecule has 0 N–H and O–H groups in total. The van der Waals surface area contributed by atoms with Crippen LogP contribution >= 0.6 is 11.6 Å². The molecule has 17 heavy (non-hydrogen) atoms. The van der Waals surface area contributed by atoms with Gasteiger partial charge in [-0.3, -0.25) is 0 Å². The van der Waals surface area contributed by atoms with Gasteiger partial charge in [-0.15, -0.1) is 0 Å². The Morgan fingerprint density at radius 2 is 2.06 bits per heavy atom. The molecule has 88 valence electrons. The number of ether oxygens (including phenoxy) is 2. The highest BCUT2D eigenvalue weighted by Crippen LogP contribution is 2.40. The van der Waals surface area contributed by atoms with Crippen molar-refractivity contribution in [2.75, 3.05) is 13.2 Å². The average Bonchev–Trinajstić information content (AvgIpc) is 2.60. The molecule has 0 saturated carbocycles. The summed E-state index contributed by atoms with van der Waals surface area (Å²) in [6.45, 7) is 2.79. The fourth-order valence-corrected chi connectivity index (χ4v) is 2.56. The van der Waals surface area contributed by atoms with E-state index in [0.717, 1.165) is 16.9 Å². The van der Waals surface area contributed by atoms with Gasteiger partial charge in [0.1, 0.15) is 12.4 Å². The lowest BCUT2D eigenvalue weighted by Gasteiger charge is -2.09. The van der Waals surface area contributed by atoms with E-state index in [1.165, 1.54) is 0 Å². The molecule has 0 aromatic heterocycles. The van der Waals surface area contributed by atoms with Crippen molar-refractivity contribution in [1.29, 1.82) is 0 Å². The van der Waals surface area contributed by atoms with Crippen LogP contribution in [0.2, 0.25) is 0 Å². The van der Waals surface area contributed by atoms with Crippen LogP contribution in [-0.2, 0) is 9.53 Å². The standard InChI is InChI=1S/C13H11ClO3/c1-7-2-3-9-10(4-7)16-5-8-6-17-13(15)11(8)12(9)14/h2-4,8H,5-6H2,1H3. The molecule has 1 atom stereocenters. The molecule has 1 aromatic carbocycles. The molecule has 0 amide bonds. The Morgan fingerprint density at radius 1 is 1.29 bits per heavy atom. The topological polar surface area (TPSA) is 35.5 Å². The van der Waals surface area contributed by atoms with Crippen molar-refractivity contribution in [1.82, 2.24) is 0 Å². The van der Waals surface area contributed by atoms with Gasteiger partial charge in [-0.05, 0) is 24.6 Å². The van der Waals surface area contributed by atoms with E-state index >= 15 is 0 Å². The summed E-state index contributed by atoms with van der Waals surface area (Å²) in [5, 5.41) is 0.463. The van der Waals surface area contributed by atoms with Crippen molar-refractivity contribution < 1.29 is 14.3 Å². The summed E-state index contributed by atoms with van der Waals surface area (Å²) in [6, 6.07) is 5.77. The highest BCUT2D eigenvalue weighted by Gasteiger charge is 2.36. The lowest BCUT2D eigenvalue weighted by molar-refractivity contribution is -0.135. The molecule has 3 nitrogen and oxygen atoms in total. The molecule has 1 fully saturated rings. The van der Waals surface area contributed by atoms with E-state index in [-0.39, 0.29) is 11.9 Å². The SMILES string of the molecule is Cc1ccc2c(c1)OCC1COC(=O)C1=C2Cl. The number of hydrogen-bond acceptors (Lipinski definition) is 3. The highest BCUT2D eigenvalue weighted by molar-refractivity contribution is 6.51. The molecular weight excluding hydrogens is 240 g/mol. The third-order valence-corrected chi connectivity index (χ3v) is 3.50. The summed E-state index contributed by atoms with van der Waals surface area (Å²) in [5.74, 6) is 0.365. The van der Waals surface area contributed by atoms with E-state index in [9.17, 15) is 4.79 Å². The fourth-order valence-electron chi connectivity index (χ4n) is 2.17. The number of rotatable bonds is 0. The Hall–Kier alpha value is -1.48. The smallest absolute Gasteiger partial charge is 0.336 e. The molecule has 3 rings (SSSR count). The number of fused-ring (bicyclic) bond motifs is 2. The second-order valence-electron chi connectivity index (χ2n) is 4.33. The Labute approximate surface area is 104 Å². The van der Waals surface area contributed by atoms with Crippen LogP contribution in [0.15, 0.2) is 23.8 Å². The van der Waals surface area contributed by atoms with Gasteiger partial charge >= 0.3 is 5.97 Å². The highest BCUT2D eigenvalue weighted by atomic mass is 35.5. The van der Waals surface area contributed by atoms with Crippen LogP contribution in [0.25, 0.3) is 5.03 Å². The summed E-state index contributed by atoms with van der Waals surface area (Å²) in [7, 11) is 0. The van der Waals surface area contributed by atoms with E-state index in [4.69, 9.17) is 21.1 Å². The lowest BCUT2D eigenvalue weighted by Crippen LogP contribution is -2.12. The molecule has 2 aliphatic rings. The maximum absolute atomic E-state index is 11.6. The van der Waals surface area contributed by atoms with Crippen molar-refractivity contribution in [3.05, 3.63) is 34.9 Å². The first kappa shape index (κ1) is 10.7. The van der Waals surface area contributed by atoms with Gasteiger partial charge in [0.25, 0.3) is 0 Å². The number of aryl methyl sites for hydroxylation is 1. The largest absolute Gasteiger partial charge is 0.492 e. The number of carbonyl (C=O) groups is 1. The molecule has 0 spiro atoms. The molecule has 4 heteroatoms. The van der Waals surface area contributed by atoms with Crippen LogP contribution in [0.5, 0.6) is 5.75 Å². The van der Waals surface area contributed by atoms with Crippen molar-refractivity contribution in [3.63, 3.8) is 0 Å². The summed E-state index contributed by atoms with van der Waals surface area (Å²) in [4.78, 5) is 11.6.